The van der Waals surface area contributed by atoms with E-state index in [9.17, 15) is 5.26 Å². The zero-order valence-electron chi connectivity index (χ0n) is 26.5. The van der Waals surface area contributed by atoms with Crippen molar-refractivity contribution in [2.24, 2.45) is 0 Å². The van der Waals surface area contributed by atoms with Crippen LogP contribution in [0.2, 0.25) is 0 Å². The van der Waals surface area contributed by atoms with Crippen molar-refractivity contribution < 1.29 is 0 Å². The van der Waals surface area contributed by atoms with Crippen LogP contribution in [-0.2, 0) is 10.8 Å². The van der Waals surface area contributed by atoms with Gasteiger partial charge in [-0.2, -0.15) is 5.26 Å². The predicted molar refractivity (Wildman–Crippen MR) is 188 cm³/mol. The number of hydrogen-bond donors (Lipinski definition) is 0. The quantitative estimate of drug-likeness (QED) is 0.204. The van der Waals surface area contributed by atoms with Gasteiger partial charge in [-0.05, 0) is 76.9 Å². The molecule has 1 aromatic heterocycles. The van der Waals surface area contributed by atoms with Crippen molar-refractivity contribution in [3.63, 3.8) is 0 Å². The maximum absolute atomic E-state index is 9.95. The van der Waals surface area contributed by atoms with Gasteiger partial charge in [0.25, 0.3) is 0 Å². The highest BCUT2D eigenvalue weighted by molar-refractivity contribution is 5.93. The minimum Gasteiger partial charge on any atom is -0.309 e. The molecule has 0 spiro atoms. The van der Waals surface area contributed by atoms with Gasteiger partial charge in [0, 0.05) is 28.2 Å². The third kappa shape index (κ3) is 4.02. The molecular weight excluding hydrogens is 560 g/mol. The van der Waals surface area contributed by atoms with E-state index in [1.807, 2.05) is 18.3 Å². The van der Waals surface area contributed by atoms with Crippen molar-refractivity contribution in [2.45, 2.75) is 38.5 Å². The second kappa shape index (κ2) is 10.2. The van der Waals surface area contributed by atoms with Crippen LogP contribution >= 0.6 is 0 Å². The smallest absolute Gasteiger partial charge is 0.137 e. The molecule has 3 heterocycles. The van der Waals surface area contributed by atoms with Crippen LogP contribution in [0, 0.1) is 11.3 Å². The summed E-state index contributed by atoms with van der Waals surface area (Å²) in [6.07, 6.45) is 1.95. The Kier molecular flexibility index (Phi) is 6.17. The number of fused-ring (bicyclic) bond motifs is 4. The number of rotatable bonds is 3. The van der Waals surface area contributed by atoms with E-state index in [-0.39, 0.29) is 10.8 Å². The Morgan fingerprint density at radius 1 is 0.522 bits per heavy atom. The maximum Gasteiger partial charge on any atom is 0.137 e. The fourth-order valence-corrected chi connectivity index (χ4v) is 7.55. The molecule has 2 aliphatic rings. The lowest BCUT2D eigenvalue weighted by Crippen LogP contribution is -2.31. The molecule has 5 aromatic carbocycles. The molecule has 0 atom stereocenters. The zero-order chi connectivity index (χ0) is 31.6. The third-order valence-corrected chi connectivity index (χ3v) is 9.93. The van der Waals surface area contributed by atoms with E-state index in [4.69, 9.17) is 4.98 Å². The van der Waals surface area contributed by atoms with Crippen molar-refractivity contribution in [2.75, 3.05) is 9.80 Å². The molecule has 6 aromatic rings. The van der Waals surface area contributed by atoms with Crippen molar-refractivity contribution in [3.05, 3.63) is 161 Å². The lowest BCUT2D eigenvalue weighted by Gasteiger charge is -2.42. The number of benzene rings is 5. The van der Waals surface area contributed by atoms with E-state index in [1.165, 1.54) is 22.3 Å². The number of nitrogens with zero attached hydrogens (tertiary/aromatic N) is 4. The van der Waals surface area contributed by atoms with Crippen molar-refractivity contribution in [3.8, 4) is 17.2 Å². The molecule has 0 amide bonds. The number of anilines is 6. The molecule has 222 valence electrons. The molecule has 4 heteroatoms. The molecule has 0 fully saturated rings. The van der Waals surface area contributed by atoms with Gasteiger partial charge in [-0.15, -0.1) is 0 Å². The average molecular weight is 595 g/mol. The first-order chi connectivity index (χ1) is 22.3. The van der Waals surface area contributed by atoms with Crippen molar-refractivity contribution >= 4 is 34.3 Å². The lowest BCUT2D eigenvalue weighted by molar-refractivity contribution is 0.631. The molecule has 0 radical (unpaired) electrons. The minimum atomic E-state index is -0.157. The van der Waals surface area contributed by atoms with Gasteiger partial charge < -0.3 is 4.90 Å². The van der Waals surface area contributed by atoms with Crippen LogP contribution in [0.4, 0.5) is 34.3 Å². The summed E-state index contributed by atoms with van der Waals surface area (Å²) in [4.78, 5) is 9.72. The van der Waals surface area contributed by atoms with E-state index in [2.05, 4.69) is 159 Å². The van der Waals surface area contributed by atoms with Gasteiger partial charge in [0.15, 0.2) is 0 Å². The topological polar surface area (TPSA) is 43.2 Å². The molecule has 0 unspecified atom stereocenters. The van der Waals surface area contributed by atoms with Crippen LogP contribution in [0.5, 0.6) is 0 Å². The molecule has 0 aliphatic carbocycles. The fraction of sp³-hybridized carbons (Fsp3) is 0.143. The van der Waals surface area contributed by atoms with Gasteiger partial charge in [0.05, 0.1) is 40.1 Å². The zero-order valence-corrected chi connectivity index (χ0v) is 26.5. The maximum atomic E-state index is 9.95. The van der Waals surface area contributed by atoms with Crippen LogP contribution in [0.25, 0.3) is 11.1 Å². The van der Waals surface area contributed by atoms with E-state index < -0.39 is 0 Å². The Morgan fingerprint density at radius 3 is 1.41 bits per heavy atom. The number of hydrogen-bond acceptors (Lipinski definition) is 4. The highest BCUT2D eigenvalue weighted by atomic mass is 15.2. The summed E-state index contributed by atoms with van der Waals surface area (Å²) >= 11 is 0. The molecule has 0 bridgehead atoms. The largest absolute Gasteiger partial charge is 0.309 e. The summed E-state index contributed by atoms with van der Waals surface area (Å²) in [7, 11) is 0. The summed E-state index contributed by atoms with van der Waals surface area (Å²) in [5.74, 6) is 0.854. The average Bonchev–Trinajstić information content (AvgIpc) is 3.09. The summed E-state index contributed by atoms with van der Waals surface area (Å²) in [6, 6.07) is 47.1. The molecule has 0 saturated carbocycles. The van der Waals surface area contributed by atoms with Crippen LogP contribution in [0.1, 0.15) is 55.5 Å². The first kappa shape index (κ1) is 27.9. The van der Waals surface area contributed by atoms with Gasteiger partial charge in [-0.25, -0.2) is 4.98 Å². The fourth-order valence-electron chi connectivity index (χ4n) is 7.55. The Labute approximate surface area is 270 Å². The number of aromatic nitrogens is 1. The number of para-hydroxylation sites is 4. The standard InChI is InChI=1S/C42H34N4/c1-41(2)31-13-5-9-17-36(31)45(37-18-10-6-14-32(37)41)35-23-21-28(26-43)25-30(35)29-22-24-40(44-27-29)46-38-19-11-7-15-33(38)42(3,4)34-16-8-12-20-39(34)46/h5-25,27H,1-4H3. The molecule has 46 heavy (non-hydrogen) atoms. The summed E-state index contributed by atoms with van der Waals surface area (Å²) in [5, 5.41) is 9.95. The third-order valence-electron chi connectivity index (χ3n) is 9.93. The first-order valence-corrected chi connectivity index (χ1v) is 15.8. The van der Waals surface area contributed by atoms with Gasteiger partial charge in [-0.1, -0.05) is 100 Å². The van der Waals surface area contributed by atoms with E-state index in [0.717, 1.165) is 45.4 Å². The summed E-state index contributed by atoms with van der Waals surface area (Å²) in [5.41, 5.74) is 12.9. The Morgan fingerprint density at radius 2 is 0.978 bits per heavy atom. The molecule has 0 N–H and O–H groups in total. The SMILES string of the molecule is CC1(C)c2ccccc2N(c2ccc(-c3cc(C#N)ccc3N3c4ccccc4C(C)(C)c4ccccc43)cn2)c2ccccc21. The lowest BCUT2D eigenvalue weighted by atomic mass is 9.73. The predicted octanol–water partition coefficient (Wildman–Crippen LogP) is 10.8. The second-order valence-electron chi connectivity index (χ2n) is 13.2. The Bertz CT molecular complexity index is 2090. The van der Waals surface area contributed by atoms with Crippen LogP contribution in [0.3, 0.4) is 0 Å². The van der Waals surface area contributed by atoms with Crippen molar-refractivity contribution in [1.29, 1.82) is 5.26 Å². The number of pyridine rings is 1. The van der Waals surface area contributed by atoms with Gasteiger partial charge in [-0.3, -0.25) is 4.90 Å². The second-order valence-corrected chi connectivity index (χ2v) is 13.2. The van der Waals surface area contributed by atoms with Gasteiger partial charge in [0.1, 0.15) is 5.82 Å². The van der Waals surface area contributed by atoms with Crippen LogP contribution < -0.4 is 9.80 Å². The Balaban J connectivity index is 1.29. The van der Waals surface area contributed by atoms with Crippen LogP contribution in [-0.4, -0.2) is 4.98 Å². The van der Waals surface area contributed by atoms with Crippen LogP contribution in [0.15, 0.2) is 134 Å². The van der Waals surface area contributed by atoms with Gasteiger partial charge >= 0.3 is 0 Å². The molecule has 8 rings (SSSR count). The number of nitriles is 1. The van der Waals surface area contributed by atoms with E-state index in [0.29, 0.717) is 5.56 Å². The first-order valence-electron chi connectivity index (χ1n) is 15.8. The van der Waals surface area contributed by atoms with Crippen molar-refractivity contribution in [1.82, 2.24) is 4.98 Å². The molecule has 0 saturated heterocycles. The Hall–Kier alpha value is -5.66. The summed E-state index contributed by atoms with van der Waals surface area (Å²) < 4.78 is 0. The van der Waals surface area contributed by atoms with E-state index in [1.54, 1.807) is 0 Å². The van der Waals surface area contributed by atoms with E-state index >= 15 is 0 Å². The molecular formula is C42H34N4. The monoisotopic (exact) mass is 594 g/mol. The summed E-state index contributed by atoms with van der Waals surface area (Å²) in [6.45, 7) is 9.17. The molecule has 2 aliphatic heterocycles. The van der Waals surface area contributed by atoms with Gasteiger partial charge in [0.2, 0.25) is 0 Å². The molecule has 4 nitrogen and oxygen atoms in total. The minimum absolute atomic E-state index is 0.133. The highest BCUT2D eigenvalue weighted by Gasteiger charge is 2.38. The highest BCUT2D eigenvalue weighted by Crippen LogP contribution is 2.54. The normalized spacial score (nSPS) is 15.2.